The Morgan fingerprint density at radius 1 is 1.02 bits per heavy atom. The van der Waals surface area contributed by atoms with E-state index < -0.39 is 29.2 Å². The monoisotopic (exact) mass is 675 g/mol. The van der Waals surface area contributed by atoms with Crippen molar-refractivity contribution >= 4 is 29.3 Å². The summed E-state index contributed by atoms with van der Waals surface area (Å²) in [6.45, 7) is 5.51. The van der Waals surface area contributed by atoms with Gasteiger partial charge in [0, 0.05) is 43.7 Å². The zero-order chi connectivity index (χ0) is 34.7. The maximum atomic E-state index is 16.0. The highest BCUT2D eigenvalue weighted by Gasteiger charge is 2.61. The molecule has 49 heavy (non-hydrogen) atoms. The molecule has 0 radical (unpaired) electrons. The van der Waals surface area contributed by atoms with Crippen LogP contribution in [0.4, 0.5) is 10.1 Å². The number of hydrogen-bond donors (Lipinski definition) is 3. The van der Waals surface area contributed by atoms with Crippen LogP contribution in [0.1, 0.15) is 87.7 Å². The van der Waals surface area contributed by atoms with Crippen molar-refractivity contribution in [1.82, 2.24) is 30.2 Å². The smallest absolute Gasteiger partial charge is 0.270 e. The lowest BCUT2D eigenvalue weighted by atomic mass is 9.75. The van der Waals surface area contributed by atoms with Crippen LogP contribution in [-0.2, 0) is 26.3 Å². The summed E-state index contributed by atoms with van der Waals surface area (Å²) in [5, 5.41) is 13.0. The molecule has 3 N–H and O–H groups in total. The van der Waals surface area contributed by atoms with Crippen molar-refractivity contribution in [3.63, 3.8) is 0 Å². The normalized spacial score (nSPS) is 26.9. The fourth-order valence-corrected chi connectivity index (χ4v) is 9.14. The summed E-state index contributed by atoms with van der Waals surface area (Å²) in [6, 6.07) is 5.22. The lowest BCUT2D eigenvalue weighted by molar-refractivity contribution is -0.137. The van der Waals surface area contributed by atoms with Crippen LogP contribution in [0.3, 0.4) is 0 Å². The summed E-state index contributed by atoms with van der Waals surface area (Å²) in [6.07, 6.45) is 9.19. The first-order valence-corrected chi connectivity index (χ1v) is 18.2. The van der Waals surface area contributed by atoms with Crippen LogP contribution < -0.4 is 16.0 Å². The summed E-state index contributed by atoms with van der Waals surface area (Å²) in [5.41, 5.74) is 0.583. The van der Waals surface area contributed by atoms with E-state index in [0.29, 0.717) is 61.6 Å². The number of nitrogens with one attached hydrogen (secondary N) is 3. The average molecular weight is 676 g/mol. The van der Waals surface area contributed by atoms with E-state index in [1.165, 1.54) is 6.07 Å². The van der Waals surface area contributed by atoms with Crippen LogP contribution in [0, 0.1) is 29.0 Å². The number of fused-ring (bicyclic) bond motifs is 1. The van der Waals surface area contributed by atoms with Crippen LogP contribution in [0.5, 0.6) is 0 Å². The van der Waals surface area contributed by atoms with Gasteiger partial charge in [0.05, 0.1) is 5.69 Å². The highest BCUT2D eigenvalue weighted by Crippen LogP contribution is 2.58. The first-order valence-electron chi connectivity index (χ1n) is 18.2. The molecule has 1 aromatic heterocycles. The molecule has 264 valence electrons. The van der Waals surface area contributed by atoms with E-state index >= 15 is 4.39 Å². The predicted molar refractivity (Wildman–Crippen MR) is 182 cm³/mol. The maximum absolute atomic E-state index is 16.0. The van der Waals surface area contributed by atoms with Gasteiger partial charge in [0.25, 0.3) is 5.91 Å². The Bertz CT molecular complexity index is 1620. The first kappa shape index (κ1) is 33.7. The summed E-state index contributed by atoms with van der Waals surface area (Å²) >= 11 is 0. The molecule has 7 rings (SSSR count). The largest absolute Gasteiger partial charge is 0.343 e. The standard InChI is InChI=1S/C37H50FN7O4/c1-5-29(46)41-32(35(49)44-20-24-25(21-44)31(24)43(3)4)37(15-16-37)23-9-10-27(26(38)18-23)40-34(48)30(22-8-7-12-36(19-22)13-14-36)42-33(47)28-11-17-39-45(28)6-2/h9-11,17-18,22,24-25,30-32H,5-8,12-16,19-21H2,1-4H3,(H,40,48)(H,41,46)(H,42,47)/t22-,24-,25+,30-,31?,32-/m0/s1. The van der Waals surface area contributed by atoms with Crippen LogP contribution in [0.2, 0.25) is 0 Å². The van der Waals surface area contributed by atoms with Crippen LogP contribution in [-0.4, -0.2) is 88.5 Å². The zero-order valence-electron chi connectivity index (χ0n) is 29.1. The quantitative estimate of drug-likeness (QED) is 0.315. The van der Waals surface area contributed by atoms with E-state index in [9.17, 15) is 19.2 Å². The molecule has 4 saturated carbocycles. The molecule has 1 aromatic carbocycles. The first-order chi connectivity index (χ1) is 23.5. The average Bonchev–Trinajstić information content (AvgIpc) is 4.05. The van der Waals surface area contributed by atoms with E-state index in [1.807, 2.05) is 11.8 Å². The van der Waals surface area contributed by atoms with Gasteiger partial charge in [-0.1, -0.05) is 19.4 Å². The number of aryl methyl sites for hydroxylation is 1. The summed E-state index contributed by atoms with van der Waals surface area (Å²) < 4.78 is 17.6. The number of carbonyl (C=O) groups excluding carboxylic acids is 4. The number of anilines is 1. The van der Waals surface area contributed by atoms with Gasteiger partial charge in [0.15, 0.2) is 0 Å². The van der Waals surface area contributed by atoms with Crippen molar-refractivity contribution in [3.8, 4) is 0 Å². The molecule has 5 aliphatic rings. The third kappa shape index (κ3) is 6.37. The van der Waals surface area contributed by atoms with Gasteiger partial charge in [-0.2, -0.15) is 5.10 Å². The molecule has 2 heterocycles. The van der Waals surface area contributed by atoms with E-state index in [1.54, 1.807) is 36.0 Å². The predicted octanol–water partition coefficient (Wildman–Crippen LogP) is 3.69. The van der Waals surface area contributed by atoms with Gasteiger partial charge in [0.2, 0.25) is 17.7 Å². The molecule has 0 bridgehead atoms. The number of amides is 4. The number of hydrogen-bond acceptors (Lipinski definition) is 6. The Hall–Kier alpha value is -3.80. The second-order valence-corrected chi connectivity index (χ2v) is 15.6. The molecule has 1 unspecified atom stereocenters. The van der Waals surface area contributed by atoms with Gasteiger partial charge < -0.3 is 25.8 Å². The van der Waals surface area contributed by atoms with Crippen molar-refractivity contribution in [2.24, 2.45) is 23.2 Å². The summed E-state index contributed by atoms with van der Waals surface area (Å²) in [5.74, 6) is -0.921. The molecule has 11 nitrogen and oxygen atoms in total. The van der Waals surface area contributed by atoms with Crippen molar-refractivity contribution in [3.05, 3.63) is 47.5 Å². The van der Waals surface area contributed by atoms with E-state index in [4.69, 9.17) is 0 Å². The minimum atomic E-state index is -0.829. The Morgan fingerprint density at radius 3 is 2.37 bits per heavy atom. The molecule has 2 aromatic rings. The van der Waals surface area contributed by atoms with Gasteiger partial charge in [-0.3, -0.25) is 23.9 Å². The zero-order valence-corrected chi connectivity index (χ0v) is 29.1. The third-order valence-corrected chi connectivity index (χ3v) is 12.3. The molecule has 4 amide bonds. The van der Waals surface area contributed by atoms with E-state index in [0.717, 1.165) is 38.5 Å². The van der Waals surface area contributed by atoms with E-state index in [2.05, 4.69) is 40.0 Å². The van der Waals surface area contributed by atoms with Gasteiger partial charge in [-0.05, 0) is 113 Å². The number of likely N-dealkylation sites (tertiary alicyclic amines) is 1. The fraction of sp³-hybridized carbons (Fsp3) is 0.649. The second-order valence-electron chi connectivity index (χ2n) is 15.6. The lowest BCUT2D eigenvalue weighted by Crippen LogP contribution is -2.54. The van der Waals surface area contributed by atoms with Gasteiger partial charge >= 0.3 is 0 Å². The fourth-order valence-electron chi connectivity index (χ4n) is 9.14. The Balaban J connectivity index is 1.09. The minimum absolute atomic E-state index is 0.0224. The molecule has 12 heteroatoms. The van der Waals surface area contributed by atoms with Crippen molar-refractivity contribution in [2.45, 2.75) is 102 Å². The number of benzene rings is 1. The van der Waals surface area contributed by atoms with Crippen molar-refractivity contribution < 1.29 is 23.6 Å². The van der Waals surface area contributed by atoms with Crippen LogP contribution in [0.25, 0.3) is 0 Å². The number of carbonyl (C=O) groups is 4. The number of halogens is 1. The molecule has 1 spiro atoms. The van der Waals surface area contributed by atoms with Crippen LogP contribution in [0.15, 0.2) is 30.5 Å². The van der Waals surface area contributed by atoms with Gasteiger partial charge in [0.1, 0.15) is 23.6 Å². The molecule has 4 aliphatic carbocycles. The number of aromatic nitrogens is 2. The SMILES string of the molecule is CCC(=O)N[C@@H](C(=O)N1C[C@@H]2C(N(C)C)[C@@H]2C1)C1(c2ccc(NC(=O)[C@@H](NC(=O)c3ccnn3CC)[C@H]3CCCC4(CC4)C3)c(F)c2)CC1. The van der Waals surface area contributed by atoms with Gasteiger partial charge in [-0.25, -0.2) is 4.39 Å². The highest BCUT2D eigenvalue weighted by atomic mass is 19.1. The Morgan fingerprint density at radius 2 is 1.76 bits per heavy atom. The molecule has 5 fully saturated rings. The number of nitrogens with zero attached hydrogens (tertiary/aromatic N) is 4. The molecular formula is C37H50FN7O4. The number of piperidine rings is 1. The topological polar surface area (TPSA) is 129 Å². The number of rotatable bonds is 12. The Kier molecular flexibility index (Phi) is 8.82. The molecular weight excluding hydrogens is 625 g/mol. The summed E-state index contributed by atoms with van der Waals surface area (Å²) in [7, 11) is 4.14. The van der Waals surface area contributed by atoms with E-state index in [-0.39, 0.29) is 41.2 Å². The second kappa shape index (κ2) is 12.8. The maximum Gasteiger partial charge on any atom is 0.270 e. The lowest BCUT2D eigenvalue weighted by Gasteiger charge is -2.34. The third-order valence-electron chi connectivity index (χ3n) is 12.3. The Labute approximate surface area is 287 Å². The molecule has 1 saturated heterocycles. The van der Waals surface area contributed by atoms with Crippen molar-refractivity contribution in [2.75, 3.05) is 32.5 Å². The molecule has 1 aliphatic heterocycles. The summed E-state index contributed by atoms with van der Waals surface area (Å²) in [4.78, 5) is 58.1. The van der Waals surface area contributed by atoms with Crippen LogP contribution >= 0.6 is 0 Å². The molecule has 6 atom stereocenters. The van der Waals surface area contributed by atoms with Gasteiger partial charge in [-0.15, -0.1) is 0 Å². The highest BCUT2D eigenvalue weighted by molar-refractivity contribution is 6.01. The van der Waals surface area contributed by atoms with Crippen molar-refractivity contribution in [1.29, 1.82) is 0 Å². The minimum Gasteiger partial charge on any atom is -0.343 e.